The van der Waals surface area contributed by atoms with Crippen LogP contribution in [-0.4, -0.2) is 49.1 Å². The summed E-state index contributed by atoms with van der Waals surface area (Å²) in [4.78, 5) is 5.12. The van der Waals surface area contributed by atoms with Crippen molar-refractivity contribution in [2.24, 2.45) is 0 Å². The highest BCUT2D eigenvalue weighted by Crippen LogP contribution is 2.02. The summed E-state index contributed by atoms with van der Waals surface area (Å²) >= 11 is 0. The van der Waals surface area contributed by atoms with Gasteiger partial charge in [0.25, 0.3) is 0 Å². The SMILES string of the molecule is CC.CCCCN1CCN(CC)CC1. The van der Waals surface area contributed by atoms with Crippen LogP contribution in [0.15, 0.2) is 0 Å². The van der Waals surface area contributed by atoms with Crippen LogP contribution >= 0.6 is 0 Å². The van der Waals surface area contributed by atoms with Crippen LogP contribution < -0.4 is 0 Å². The highest BCUT2D eigenvalue weighted by molar-refractivity contribution is 4.70. The van der Waals surface area contributed by atoms with E-state index in [2.05, 4.69) is 23.6 Å². The lowest BCUT2D eigenvalue weighted by Crippen LogP contribution is -2.46. The average Bonchev–Trinajstić information content (AvgIpc) is 2.30. The largest absolute Gasteiger partial charge is 0.301 e. The number of likely N-dealkylation sites (N-methyl/N-ethyl adjacent to an activating group) is 1. The number of piperazine rings is 1. The van der Waals surface area contributed by atoms with Gasteiger partial charge in [-0.1, -0.05) is 34.1 Å². The van der Waals surface area contributed by atoms with Crippen molar-refractivity contribution >= 4 is 0 Å². The molecule has 1 rings (SSSR count). The van der Waals surface area contributed by atoms with Gasteiger partial charge in [0.15, 0.2) is 0 Å². The van der Waals surface area contributed by atoms with Crippen LogP contribution in [0, 0.1) is 0 Å². The van der Waals surface area contributed by atoms with E-state index in [4.69, 9.17) is 0 Å². The molecule has 0 saturated carbocycles. The molecule has 1 saturated heterocycles. The van der Waals surface area contributed by atoms with E-state index in [1.165, 1.54) is 52.1 Å². The van der Waals surface area contributed by atoms with Crippen molar-refractivity contribution in [1.29, 1.82) is 0 Å². The summed E-state index contributed by atoms with van der Waals surface area (Å²) in [6, 6.07) is 0. The van der Waals surface area contributed by atoms with Gasteiger partial charge in [0.05, 0.1) is 0 Å². The maximum atomic E-state index is 2.59. The normalized spacial score (nSPS) is 18.9. The molecular weight excluding hydrogens is 172 g/mol. The summed E-state index contributed by atoms with van der Waals surface area (Å²) in [6.45, 7) is 16.2. The standard InChI is InChI=1S/C10H22N2.C2H6/c1-3-5-6-12-9-7-11(4-2)8-10-12;1-2/h3-10H2,1-2H3;1-2H3. The van der Waals surface area contributed by atoms with Gasteiger partial charge in [-0.25, -0.2) is 0 Å². The van der Waals surface area contributed by atoms with E-state index < -0.39 is 0 Å². The molecule has 0 N–H and O–H groups in total. The lowest BCUT2D eigenvalue weighted by molar-refractivity contribution is 0.136. The van der Waals surface area contributed by atoms with Crippen LogP contribution in [0.25, 0.3) is 0 Å². The van der Waals surface area contributed by atoms with E-state index >= 15 is 0 Å². The summed E-state index contributed by atoms with van der Waals surface area (Å²) in [5, 5.41) is 0. The van der Waals surface area contributed by atoms with Crippen molar-refractivity contribution in [2.45, 2.75) is 40.5 Å². The zero-order valence-corrected chi connectivity index (χ0v) is 10.6. The van der Waals surface area contributed by atoms with Crippen molar-refractivity contribution in [2.75, 3.05) is 39.3 Å². The third-order valence-electron chi connectivity index (χ3n) is 2.74. The molecule has 1 fully saturated rings. The summed E-state index contributed by atoms with van der Waals surface area (Å²) in [6.07, 6.45) is 2.69. The monoisotopic (exact) mass is 200 g/mol. The summed E-state index contributed by atoms with van der Waals surface area (Å²) in [5.41, 5.74) is 0. The summed E-state index contributed by atoms with van der Waals surface area (Å²) < 4.78 is 0. The summed E-state index contributed by atoms with van der Waals surface area (Å²) in [5.74, 6) is 0. The lowest BCUT2D eigenvalue weighted by Gasteiger charge is -2.33. The topological polar surface area (TPSA) is 6.48 Å². The third kappa shape index (κ3) is 5.61. The second-order valence-corrected chi connectivity index (χ2v) is 3.63. The lowest BCUT2D eigenvalue weighted by atomic mass is 10.2. The van der Waals surface area contributed by atoms with Crippen molar-refractivity contribution in [3.63, 3.8) is 0 Å². The van der Waals surface area contributed by atoms with Crippen molar-refractivity contribution < 1.29 is 0 Å². The fourth-order valence-electron chi connectivity index (χ4n) is 1.71. The molecule has 0 bridgehead atoms. The molecule has 0 spiro atoms. The second-order valence-electron chi connectivity index (χ2n) is 3.63. The molecule has 1 heterocycles. The quantitative estimate of drug-likeness (QED) is 0.688. The molecule has 0 aromatic rings. The van der Waals surface area contributed by atoms with E-state index in [0.29, 0.717) is 0 Å². The van der Waals surface area contributed by atoms with Gasteiger partial charge in [-0.05, 0) is 19.5 Å². The molecule has 2 nitrogen and oxygen atoms in total. The van der Waals surface area contributed by atoms with Gasteiger partial charge in [0.2, 0.25) is 0 Å². The Morgan fingerprint density at radius 3 is 1.79 bits per heavy atom. The molecule has 0 radical (unpaired) electrons. The van der Waals surface area contributed by atoms with Crippen molar-refractivity contribution in [1.82, 2.24) is 9.80 Å². The van der Waals surface area contributed by atoms with Crippen molar-refractivity contribution in [3.05, 3.63) is 0 Å². The van der Waals surface area contributed by atoms with Crippen LogP contribution in [-0.2, 0) is 0 Å². The van der Waals surface area contributed by atoms with Gasteiger partial charge in [-0.3, -0.25) is 0 Å². The van der Waals surface area contributed by atoms with Crippen molar-refractivity contribution in [3.8, 4) is 0 Å². The zero-order valence-electron chi connectivity index (χ0n) is 10.6. The Morgan fingerprint density at radius 2 is 1.36 bits per heavy atom. The first kappa shape index (κ1) is 13.9. The van der Waals surface area contributed by atoms with E-state index in [-0.39, 0.29) is 0 Å². The predicted octanol–water partition coefficient (Wildman–Crippen LogP) is 2.45. The van der Waals surface area contributed by atoms with Gasteiger partial charge in [0, 0.05) is 26.2 Å². The summed E-state index contributed by atoms with van der Waals surface area (Å²) in [7, 11) is 0. The van der Waals surface area contributed by atoms with Crippen LogP contribution in [0.5, 0.6) is 0 Å². The maximum absolute atomic E-state index is 2.59. The van der Waals surface area contributed by atoms with Gasteiger partial charge < -0.3 is 9.80 Å². The Labute approximate surface area is 90.3 Å². The van der Waals surface area contributed by atoms with E-state index in [0.717, 1.165) is 0 Å². The minimum atomic E-state index is 1.22. The molecule has 0 unspecified atom stereocenters. The fourth-order valence-corrected chi connectivity index (χ4v) is 1.71. The highest BCUT2D eigenvalue weighted by Gasteiger charge is 2.13. The van der Waals surface area contributed by atoms with Crippen LogP contribution in [0.3, 0.4) is 0 Å². The number of hydrogen-bond donors (Lipinski definition) is 0. The molecule has 86 valence electrons. The van der Waals surface area contributed by atoms with Gasteiger partial charge >= 0.3 is 0 Å². The molecule has 1 aliphatic heterocycles. The molecule has 0 aliphatic carbocycles. The van der Waals surface area contributed by atoms with E-state index in [1.807, 2.05) is 13.8 Å². The molecule has 2 heteroatoms. The Morgan fingerprint density at radius 1 is 0.857 bits per heavy atom. The second kappa shape index (κ2) is 9.47. The van der Waals surface area contributed by atoms with Gasteiger partial charge in [-0.2, -0.15) is 0 Å². The van der Waals surface area contributed by atoms with E-state index in [9.17, 15) is 0 Å². The number of rotatable bonds is 4. The Balaban J connectivity index is 0.000000791. The Bertz CT molecular complexity index is 107. The highest BCUT2D eigenvalue weighted by atomic mass is 15.3. The fraction of sp³-hybridized carbons (Fsp3) is 1.00. The first-order chi connectivity index (χ1) is 6.86. The minimum Gasteiger partial charge on any atom is -0.301 e. The minimum absolute atomic E-state index is 1.22. The maximum Gasteiger partial charge on any atom is 0.0110 e. The molecule has 0 amide bonds. The Hall–Kier alpha value is -0.0800. The van der Waals surface area contributed by atoms with E-state index in [1.54, 1.807) is 0 Å². The zero-order chi connectivity index (χ0) is 10.8. The van der Waals surface area contributed by atoms with Crippen LogP contribution in [0.2, 0.25) is 0 Å². The first-order valence-electron chi connectivity index (χ1n) is 6.31. The number of unbranched alkanes of at least 4 members (excludes halogenated alkanes) is 1. The smallest absolute Gasteiger partial charge is 0.0110 e. The van der Waals surface area contributed by atoms with Gasteiger partial charge in [-0.15, -0.1) is 0 Å². The predicted molar refractivity (Wildman–Crippen MR) is 64.8 cm³/mol. The molecule has 0 aromatic heterocycles. The first-order valence-corrected chi connectivity index (χ1v) is 6.31. The molecule has 1 aliphatic rings. The molecule has 0 atom stereocenters. The average molecular weight is 200 g/mol. The van der Waals surface area contributed by atoms with Crippen LogP contribution in [0.1, 0.15) is 40.5 Å². The Kier molecular flexibility index (Phi) is 9.42. The number of hydrogen-bond acceptors (Lipinski definition) is 2. The third-order valence-corrected chi connectivity index (χ3v) is 2.74. The molecule has 0 aromatic carbocycles. The van der Waals surface area contributed by atoms with Crippen LogP contribution in [0.4, 0.5) is 0 Å². The molecule has 14 heavy (non-hydrogen) atoms. The number of nitrogens with zero attached hydrogens (tertiary/aromatic N) is 2. The van der Waals surface area contributed by atoms with Gasteiger partial charge in [0.1, 0.15) is 0 Å². The molecular formula is C12H28N2.